The predicted molar refractivity (Wildman–Crippen MR) is 99.3 cm³/mol. The Kier molecular flexibility index (Phi) is 6.51. The highest BCUT2D eigenvalue weighted by Crippen LogP contribution is 2.24. The molecule has 1 aliphatic carbocycles. The van der Waals surface area contributed by atoms with Gasteiger partial charge in [-0.2, -0.15) is 5.10 Å². The van der Waals surface area contributed by atoms with Crippen molar-refractivity contribution in [2.75, 3.05) is 0 Å². The first-order chi connectivity index (χ1) is 13.1. The van der Waals surface area contributed by atoms with Crippen LogP contribution >= 0.6 is 0 Å². The number of aromatic nitrogens is 4. The molecule has 0 aromatic carbocycles. The van der Waals surface area contributed by atoms with Gasteiger partial charge in [0.25, 0.3) is 0 Å². The van der Waals surface area contributed by atoms with Crippen molar-refractivity contribution in [3.05, 3.63) is 42.2 Å². The molecule has 0 radical (unpaired) electrons. The molecule has 2 aromatic heterocycles. The van der Waals surface area contributed by atoms with Crippen molar-refractivity contribution in [2.24, 2.45) is 13.0 Å². The van der Waals surface area contributed by atoms with Crippen LogP contribution in [0.2, 0.25) is 0 Å². The molecule has 0 saturated heterocycles. The number of hydrogen-bond acceptors (Lipinski definition) is 5. The summed E-state index contributed by atoms with van der Waals surface area (Å²) in [6, 6.07) is 2.09. The number of carbonyl (C=O) groups excluding carboxylic acids is 2. The Balaban J connectivity index is 1.35. The van der Waals surface area contributed by atoms with Crippen LogP contribution in [0, 0.1) is 5.92 Å². The molecule has 3 rings (SSSR count). The minimum atomic E-state index is 0.00395. The minimum Gasteiger partial charge on any atom is -0.353 e. The van der Waals surface area contributed by atoms with Crippen molar-refractivity contribution in [3.63, 3.8) is 0 Å². The molecule has 2 N–H and O–H groups in total. The molecule has 144 valence electrons. The van der Waals surface area contributed by atoms with E-state index in [1.165, 1.54) is 0 Å². The number of nitrogens with one attached hydrogen (secondary N) is 2. The average molecular weight is 370 g/mol. The molecule has 1 aliphatic rings. The van der Waals surface area contributed by atoms with Gasteiger partial charge < -0.3 is 10.6 Å². The smallest absolute Gasteiger partial charge is 0.223 e. The Bertz CT molecular complexity index is 753. The Morgan fingerprint density at radius 2 is 2.00 bits per heavy atom. The van der Waals surface area contributed by atoms with Crippen molar-refractivity contribution in [1.82, 2.24) is 30.4 Å². The van der Waals surface area contributed by atoms with E-state index in [1.807, 2.05) is 13.1 Å². The molecule has 0 spiro atoms. The van der Waals surface area contributed by atoms with Crippen LogP contribution in [0.3, 0.4) is 0 Å². The van der Waals surface area contributed by atoms with Crippen LogP contribution < -0.4 is 10.6 Å². The molecule has 2 amide bonds. The third-order valence-electron chi connectivity index (χ3n) is 5.05. The molecule has 2 aromatic rings. The quantitative estimate of drug-likeness (QED) is 0.761. The lowest BCUT2D eigenvalue weighted by atomic mass is 9.85. The first-order valence-corrected chi connectivity index (χ1v) is 9.40. The molecule has 1 saturated carbocycles. The highest BCUT2D eigenvalue weighted by atomic mass is 16.2. The molecule has 27 heavy (non-hydrogen) atoms. The van der Waals surface area contributed by atoms with Gasteiger partial charge >= 0.3 is 0 Å². The van der Waals surface area contributed by atoms with E-state index in [-0.39, 0.29) is 23.8 Å². The average Bonchev–Trinajstić information content (AvgIpc) is 3.11. The number of rotatable bonds is 7. The van der Waals surface area contributed by atoms with Crippen LogP contribution in [-0.2, 0) is 29.6 Å². The van der Waals surface area contributed by atoms with Crippen molar-refractivity contribution in [1.29, 1.82) is 0 Å². The fourth-order valence-corrected chi connectivity index (χ4v) is 3.43. The van der Waals surface area contributed by atoms with Gasteiger partial charge in [0.15, 0.2) is 0 Å². The van der Waals surface area contributed by atoms with Crippen LogP contribution in [0.5, 0.6) is 0 Å². The zero-order valence-corrected chi connectivity index (χ0v) is 15.6. The largest absolute Gasteiger partial charge is 0.353 e. The normalized spacial score (nSPS) is 19.4. The summed E-state index contributed by atoms with van der Waals surface area (Å²) in [5.41, 5.74) is 1.80. The van der Waals surface area contributed by atoms with Gasteiger partial charge in [-0.1, -0.05) is 0 Å². The van der Waals surface area contributed by atoms with Gasteiger partial charge in [-0.05, 0) is 38.2 Å². The fourth-order valence-electron chi connectivity index (χ4n) is 3.43. The standard InChI is InChI=1S/C19H26N6O2/c1-25-17(8-9-23-25)6-7-18(26)24-15-4-2-14(3-5-15)19(27)22-13-16-12-20-10-11-21-16/h8-12,14-15H,2-7,13H2,1H3,(H,22,27)(H,24,26). The van der Waals surface area contributed by atoms with Gasteiger partial charge in [0, 0.05) is 49.7 Å². The molecule has 0 bridgehead atoms. The van der Waals surface area contributed by atoms with Crippen molar-refractivity contribution in [2.45, 2.75) is 51.1 Å². The predicted octanol–water partition coefficient (Wildman–Crippen LogP) is 1.13. The van der Waals surface area contributed by atoms with Gasteiger partial charge in [-0.3, -0.25) is 24.2 Å². The van der Waals surface area contributed by atoms with Gasteiger partial charge in [0.1, 0.15) is 0 Å². The summed E-state index contributed by atoms with van der Waals surface area (Å²) in [5, 5.41) is 10.1. The van der Waals surface area contributed by atoms with E-state index in [1.54, 1.807) is 29.5 Å². The maximum absolute atomic E-state index is 12.3. The van der Waals surface area contributed by atoms with Crippen molar-refractivity contribution >= 4 is 11.8 Å². The van der Waals surface area contributed by atoms with E-state index in [4.69, 9.17) is 0 Å². The Morgan fingerprint density at radius 3 is 2.67 bits per heavy atom. The fraction of sp³-hybridized carbons (Fsp3) is 0.526. The lowest BCUT2D eigenvalue weighted by Gasteiger charge is -2.28. The number of hydrogen-bond donors (Lipinski definition) is 2. The topological polar surface area (TPSA) is 102 Å². The molecule has 2 heterocycles. The second-order valence-corrected chi connectivity index (χ2v) is 6.98. The Labute approximate surface area is 158 Å². The van der Waals surface area contributed by atoms with Crippen LogP contribution in [0.25, 0.3) is 0 Å². The Morgan fingerprint density at radius 1 is 1.19 bits per heavy atom. The monoisotopic (exact) mass is 370 g/mol. The van der Waals surface area contributed by atoms with Crippen LogP contribution in [0.4, 0.5) is 0 Å². The lowest BCUT2D eigenvalue weighted by molar-refractivity contribution is -0.126. The van der Waals surface area contributed by atoms with Gasteiger partial charge in [-0.25, -0.2) is 0 Å². The third kappa shape index (κ3) is 5.60. The maximum atomic E-state index is 12.3. The minimum absolute atomic E-state index is 0.00395. The van der Waals surface area contributed by atoms with Gasteiger partial charge in [0.2, 0.25) is 11.8 Å². The highest BCUT2D eigenvalue weighted by Gasteiger charge is 2.27. The van der Waals surface area contributed by atoms with Crippen molar-refractivity contribution in [3.8, 4) is 0 Å². The summed E-state index contributed by atoms with van der Waals surface area (Å²) >= 11 is 0. The number of amides is 2. The Hall–Kier alpha value is -2.77. The summed E-state index contributed by atoms with van der Waals surface area (Å²) in [6.07, 6.45) is 11.0. The van der Waals surface area contributed by atoms with Crippen LogP contribution in [0.1, 0.15) is 43.5 Å². The second kappa shape index (κ2) is 9.25. The molecule has 0 aliphatic heterocycles. The first-order valence-electron chi connectivity index (χ1n) is 9.40. The molecule has 8 heteroatoms. The second-order valence-electron chi connectivity index (χ2n) is 6.98. The molecule has 0 atom stereocenters. The molecule has 8 nitrogen and oxygen atoms in total. The zero-order chi connectivity index (χ0) is 19.1. The third-order valence-corrected chi connectivity index (χ3v) is 5.05. The lowest BCUT2D eigenvalue weighted by Crippen LogP contribution is -2.40. The van der Waals surface area contributed by atoms with Crippen molar-refractivity contribution < 1.29 is 9.59 Å². The first kappa shape index (κ1) is 19.0. The van der Waals surface area contributed by atoms with Crippen LogP contribution in [0.15, 0.2) is 30.9 Å². The van der Waals surface area contributed by atoms with E-state index in [9.17, 15) is 9.59 Å². The summed E-state index contributed by atoms with van der Waals surface area (Å²) < 4.78 is 1.79. The van der Waals surface area contributed by atoms with E-state index in [2.05, 4.69) is 25.7 Å². The molecular formula is C19H26N6O2. The number of nitrogens with zero attached hydrogens (tertiary/aromatic N) is 4. The van der Waals surface area contributed by atoms with E-state index in [0.29, 0.717) is 19.4 Å². The SMILES string of the molecule is Cn1nccc1CCC(=O)NC1CCC(C(=O)NCc2cnccn2)CC1. The summed E-state index contributed by atoms with van der Waals surface area (Å²) in [6.45, 7) is 0.400. The van der Waals surface area contributed by atoms with E-state index in [0.717, 1.165) is 37.1 Å². The number of aryl methyl sites for hydroxylation is 2. The zero-order valence-electron chi connectivity index (χ0n) is 15.6. The number of carbonyl (C=O) groups is 2. The summed E-state index contributed by atoms with van der Waals surface area (Å²) in [4.78, 5) is 32.6. The maximum Gasteiger partial charge on any atom is 0.223 e. The molecular weight excluding hydrogens is 344 g/mol. The van der Waals surface area contributed by atoms with Gasteiger partial charge in [0.05, 0.1) is 18.4 Å². The molecule has 0 unspecified atom stereocenters. The van der Waals surface area contributed by atoms with Crippen LogP contribution in [-0.4, -0.2) is 37.6 Å². The summed E-state index contributed by atoms with van der Waals surface area (Å²) in [7, 11) is 1.88. The molecule has 1 fully saturated rings. The van der Waals surface area contributed by atoms with E-state index < -0.39 is 0 Å². The van der Waals surface area contributed by atoms with E-state index >= 15 is 0 Å². The highest BCUT2D eigenvalue weighted by molar-refractivity contribution is 5.79. The van der Waals surface area contributed by atoms with Gasteiger partial charge in [-0.15, -0.1) is 0 Å². The summed E-state index contributed by atoms with van der Waals surface area (Å²) in [5.74, 6) is 0.123.